The third-order valence-corrected chi connectivity index (χ3v) is 8.34. The molecule has 0 N–H and O–H groups in total. The number of rotatable bonds is 10. The summed E-state index contributed by atoms with van der Waals surface area (Å²) < 4.78 is 65.4. The van der Waals surface area contributed by atoms with Gasteiger partial charge in [0, 0.05) is 55.7 Å². The van der Waals surface area contributed by atoms with E-state index in [9.17, 15) is 22.0 Å². The Kier molecular flexibility index (Phi) is 7.27. The average molecular weight is 524 g/mol. The zero-order valence-corrected chi connectivity index (χ0v) is 21.2. The number of benzene rings is 1. The first-order valence-electron chi connectivity index (χ1n) is 11.8. The van der Waals surface area contributed by atoms with Crippen molar-refractivity contribution in [2.24, 2.45) is 5.92 Å². The number of fused-ring (bicyclic) bond motifs is 1. The molecule has 1 saturated heterocycles. The second kappa shape index (κ2) is 9.82. The summed E-state index contributed by atoms with van der Waals surface area (Å²) in [4.78, 5) is 7.89. The number of halogens is 5. The molecular formula is C27H30F5N3S. The Morgan fingerprint density at radius 1 is 1.14 bits per heavy atom. The molecule has 1 aliphatic heterocycles. The maximum Gasteiger partial charge on any atom is 0.433 e. The van der Waals surface area contributed by atoms with E-state index in [1.807, 2.05) is 11.9 Å². The minimum atomic E-state index is -4.42. The summed E-state index contributed by atoms with van der Waals surface area (Å²) in [6.07, 6.45) is -1.07. The number of pyridine rings is 1. The second-order valence-corrected chi connectivity index (χ2v) is 11.0. The van der Waals surface area contributed by atoms with Gasteiger partial charge in [0.25, 0.3) is 5.92 Å². The van der Waals surface area contributed by atoms with E-state index in [1.54, 1.807) is 30.0 Å². The van der Waals surface area contributed by atoms with Crippen LogP contribution in [0.2, 0.25) is 0 Å². The van der Waals surface area contributed by atoms with Crippen molar-refractivity contribution in [3.8, 4) is 0 Å². The summed E-state index contributed by atoms with van der Waals surface area (Å²) in [5.74, 6) is -1.55. The normalized spacial score (nSPS) is 21.8. The van der Waals surface area contributed by atoms with E-state index in [0.717, 1.165) is 67.4 Å². The first-order valence-corrected chi connectivity index (χ1v) is 12.8. The van der Waals surface area contributed by atoms with Crippen LogP contribution in [0.25, 0.3) is 5.70 Å². The molecule has 4 rings (SSSR count). The Balaban J connectivity index is 1.21. The predicted octanol–water partition coefficient (Wildman–Crippen LogP) is 6.98. The third kappa shape index (κ3) is 5.62. The van der Waals surface area contributed by atoms with Gasteiger partial charge in [0.15, 0.2) is 0 Å². The van der Waals surface area contributed by atoms with Crippen LogP contribution in [0.4, 0.5) is 22.0 Å². The number of hydrogen-bond donors (Lipinski definition) is 0. The van der Waals surface area contributed by atoms with E-state index >= 15 is 0 Å². The van der Waals surface area contributed by atoms with Crippen molar-refractivity contribution in [2.45, 2.75) is 37.3 Å². The van der Waals surface area contributed by atoms with Crippen molar-refractivity contribution in [3.05, 3.63) is 83.2 Å². The van der Waals surface area contributed by atoms with Crippen LogP contribution in [0, 0.1) is 5.92 Å². The highest BCUT2D eigenvalue weighted by Gasteiger charge is 2.60. The van der Waals surface area contributed by atoms with Crippen LogP contribution in [-0.4, -0.2) is 47.2 Å². The molecule has 0 amide bonds. The summed E-state index contributed by atoms with van der Waals surface area (Å²) >= 11 is 1.62. The van der Waals surface area contributed by atoms with Gasteiger partial charge in [0.2, 0.25) is 0 Å². The van der Waals surface area contributed by atoms with Crippen LogP contribution in [-0.2, 0) is 17.5 Å². The van der Waals surface area contributed by atoms with Crippen LogP contribution >= 0.6 is 11.8 Å². The highest BCUT2D eigenvalue weighted by molar-refractivity contribution is 8.02. The van der Waals surface area contributed by atoms with E-state index < -0.39 is 17.8 Å². The van der Waals surface area contributed by atoms with Gasteiger partial charge in [-0.05, 0) is 42.5 Å². The molecule has 1 aromatic heterocycles. The zero-order chi connectivity index (χ0) is 26.3. The molecule has 1 aromatic carbocycles. The molecule has 0 bridgehead atoms. The minimum absolute atomic E-state index is 0.0363. The Bertz CT molecular complexity index is 1110. The summed E-state index contributed by atoms with van der Waals surface area (Å²) in [6.45, 7) is 11.8. The van der Waals surface area contributed by atoms with Crippen molar-refractivity contribution in [1.29, 1.82) is 0 Å². The monoisotopic (exact) mass is 523 g/mol. The van der Waals surface area contributed by atoms with E-state index in [2.05, 4.69) is 23.0 Å². The highest BCUT2D eigenvalue weighted by atomic mass is 32.2. The molecule has 0 spiro atoms. The number of piperidine rings is 1. The second-order valence-electron chi connectivity index (χ2n) is 9.79. The molecule has 1 aliphatic carbocycles. The van der Waals surface area contributed by atoms with Crippen LogP contribution in [0.1, 0.15) is 42.1 Å². The fourth-order valence-electron chi connectivity index (χ4n) is 4.93. The van der Waals surface area contributed by atoms with Crippen molar-refractivity contribution >= 4 is 17.5 Å². The topological polar surface area (TPSA) is 19.4 Å². The number of alkyl halides is 5. The van der Waals surface area contributed by atoms with Gasteiger partial charge in [0.1, 0.15) is 5.69 Å². The maximum absolute atomic E-state index is 13.5. The molecule has 2 fully saturated rings. The molecule has 0 radical (unpaired) electrons. The number of aromatic nitrogens is 1. The highest BCUT2D eigenvalue weighted by Crippen LogP contribution is 2.59. The van der Waals surface area contributed by atoms with Crippen LogP contribution in [0.15, 0.2) is 60.8 Å². The molecule has 2 atom stereocenters. The van der Waals surface area contributed by atoms with Gasteiger partial charge >= 0.3 is 6.18 Å². The van der Waals surface area contributed by atoms with Crippen LogP contribution in [0.3, 0.4) is 0 Å². The van der Waals surface area contributed by atoms with Gasteiger partial charge in [-0.2, -0.15) is 13.2 Å². The summed E-state index contributed by atoms with van der Waals surface area (Å²) in [6, 6.07) is 8.79. The van der Waals surface area contributed by atoms with E-state index in [1.165, 1.54) is 18.3 Å². The van der Waals surface area contributed by atoms with Crippen molar-refractivity contribution in [1.82, 2.24) is 14.8 Å². The van der Waals surface area contributed by atoms with Crippen molar-refractivity contribution < 1.29 is 22.0 Å². The lowest BCUT2D eigenvalue weighted by Gasteiger charge is -2.25. The SMILES string of the molecule is C=C(SCCCN1C[C@H]2CC2(c2ccc(C(F)(F)F)nc2)C1)N(C)C(=C)c1ccc(C(C)(F)F)cc1. The molecule has 1 unspecified atom stereocenters. The number of thioether (sulfide) groups is 1. The van der Waals surface area contributed by atoms with E-state index in [4.69, 9.17) is 0 Å². The predicted molar refractivity (Wildman–Crippen MR) is 134 cm³/mol. The number of hydrogen-bond acceptors (Lipinski definition) is 4. The lowest BCUT2D eigenvalue weighted by molar-refractivity contribution is -0.141. The molecule has 36 heavy (non-hydrogen) atoms. The third-order valence-electron chi connectivity index (χ3n) is 7.24. The minimum Gasteiger partial charge on any atom is -0.340 e. The molecular weight excluding hydrogens is 493 g/mol. The van der Waals surface area contributed by atoms with Gasteiger partial charge in [-0.25, -0.2) is 8.78 Å². The lowest BCUT2D eigenvalue weighted by Crippen LogP contribution is -2.28. The molecule has 2 aliphatic rings. The fraction of sp³-hybridized carbons (Fsp3) is 0.444. The Morgan fingerprint density at radius 3 is 2.42 bits per heavy atom. The van der Waals surface area contributed by atoms with Crippen molar-refractivity contribution in [3.63, 3.8) is 0 Å². The molecule has 2 heterocycles. The summed E-state index contributed by atoms with van der Waals surface area (Å²) in [5, 5.41) is 0.821. The van der Waals surface area contributed by atoms with E-state index in [-0.39, 0.29) is 11.0 Å². The first kappa shape index (κ1) is 26.7. The largest absolute Gasteiger partial charge is 0.433 e. The number of likely N-dealkylation sites (tertiary alicyclic amines) is 1. The summed E-state index contributed by atoms with van der Waals surface area (Å²) in [5.41, 5.74) is 1.41. The first-order chi connectivity index (χ1) is 16.8. The van der Waals surface area contributed by atoms with E-state index in [0.29, 0.717) is 11.6 Å². The smallest absolute Gasteiger partial charge is 0.340 e. The quantitative estimate of drug-likeness (QED) is 0.247. The Morgan fingerprint density at radius 2 is 1.83 bits per heavy atom. The average Bonchev–Trinajstić information content (AvgIpc) is 3.41. The summed E-state index contributed by atoms with van der Waals surface area (Å²) in [7, 11) is 1.86. The molecule has 9 heteroatoms. The molecule has 2 aromatic rings. The van der Waals surface area contributed by atoms with Crippen LogP contribution < -0.4 is 0 Å². The van der Waals surface area contributed by atoms with Gasteiger partial charge in [-0.15, -0.1) is 11.8 Å². The number of nitrogens with zero attached hydrogens (tertiary/aromatic N) is 3. The van der Waals surface area contributed by atoms with Gasteiger partial charge < -0.3 is 9.80 Å². The Hall–Kier alpha value is -2.39. The van der Waals surface area contributed by atoms with Gasteiger partial charge in [-0.1, -0.05) is 43.5 Å². The van der Waals surface area contributed by atoms with Crippen molar-refractivity contribution in [2.75, 3.05) is 32.4 Å². The molecule has 1 saturated carbocycles. The molecule has 194 valence electrons. The standard InChI is InChI=1S/C27H30F5N3S/c1-18(20-6-8-21(9-7-20)25(3,28)29)34(4)19(2)36-13-5-12-35-16-23-14-26(23,17-35)22-10-11-24(33-15-22)27(30,31)32/h6-11,15,23H,1-2,5,12-14,16-17H2,3-4H3/t23-,26?/m1/s1. The fourth-order valence-corrected chi connectivity index (χ4v) is 5.75. The maximum atomic E-state index is 13.5. The van der Waals surface area contributed by atoms with Crippen LogP contribution in [0.5, 0.6) is 0 Å². The molecule has 3 nitrogen and oxygen atoms in total. The van der Waals surface area contributed by atoms with Gasteiger partial charge in [0.05, 0.1) is 5.03 Å². The lowest BCUT2D eigenvalue weighted by atomic mass is 9.96. The van der Waals surface area contributed by atoms with Gasteiger partial charge in [-0.3, -0.25) is 4.98 Å². The Labute approximate surface area is 213 Å². The zero-order valence-electron chi connectivity index (χ0n) is 20.4.